The van der Waals surface area contributed by atoms with Crippen LogP contribution < -0.4 is 4.74 Å². The first kappa shape index (κ1) is 9.58. The average Bonchev–Trinajstić information content (AvgIpc) is 2.29. The number of methoxy groups -OCH3 is 1. The van der Waals surface area contributed by atoms with Crippen molar-refractivity contribution in [1.82, 2.24) is 9.78 Å². The molecule has 4 heteroatoms. The molecule has 1 rings (SSSR count). The van der Waals surface area contributed by atoms with E-state index in [0.717, 1.165) is 10.4 Å². The van der Waals surface area contributed by atoms with Gasteiger partial charge in [-0.2, -0.15) is 5.10 Å². The highest BCUT2D eigenvalue weighted by molar-refractivity contribution is 9.10. The number of nitrogens with zero attached hydrogens (tertiary/aromatic N) is 2. The fraction of sp³-hybridized carbons (Fsp3) is 0.625. The molecule has 0 atom stereocenters. The molecule has 1 heterocycles. The van der Waals surface area contributed by atoms with Crippen molar-refractivity contribution in [2.75, 3.05) is 7.11 Å². The topological polar surface area (TPSA) is 27.1 Å². The molecule has 0 aliphatic carbocycles. The highest BCUT2D eigenvalue weighted by atomic mass is 79.9. The van der Waals surface area contributed by atoms with E-state index in [1.807, 2.05) is 4.68 Å². The molecule has 0 saturated heterocycles. The van der Waals surface area contributed by atoms with Crippen molar-refractivity contribution in [3.8, 4) is 5.88 Å². The zero-order chi connectivity index (χ0) is 9.35. The zero-order valence-corrected chi connectivity index (χ0v) is 9.34. The van der Waals surface area contributed by atoms with Gasteiger partial charge in [0.15, 0.2) is 0 Å². The van der Waals surface area contributed by atoms with E-state index in [0.29, 0.717) is 0 Å². The van der Waals surface area contributed by atoms with Crippen LogP contribution in [0, 0.1) is 0 Å². The minimum Gasteiger partial charge on any atom is -0.480 e. The number of hydrogen-bond acceptors (Lipinski definition) is 2. The minimum absolute atomic E-state index is 0.0443. The van der Waals surface area contributed by atoms with E-state index in [1.54, 1.807) is 13.3 Å². The summed E-state index contributed by atoms with van der Waals surface area (Å²) in [5, 5.41) is 4.20. The molecule has 0 aliphatic rings. The van der Waals surface area contributed by atoms with Gasteiger partial charge in [-0.25, -0.2) is 4.68 Å². The van der Waals surface area contributed by atoms with Gasteiger partial charge in [-0.15, -0.1) is 0 Å². The monoisotopic (exact) mass is 232 g/mol. The van der Waals surface area contributed by atoms with Crippen LogP contribution in [0.25, 0.3) is 0 Å². The lowest BCUT2D eigenvalue weighted by Crippen LogP contribution is -2.23. The minimum atomic E-state index is -0.0443. The first-order valence-electron chi connectivity index (χ1n) is 3.75. The largest absolute Gasteiger partial charge is 0.480 e. The van der Waals surface area contributed by atoms with E-state index in [2.05, 4.69) is 41.8 Å². The summed E-state index contributed by atoms with van der Waals surface area (Å²) < 4.78 is 7.93. The smallest absolute Gasteiger partial charge is 0.226 e. The summed E-state index contributed by atoms with van der Waals surface area (Å²) >= 11 is 3.36. The maximum absolute atomic E-state index is 5.20. The lowest BCUT2D eigenvalue weighted by atomic mass is 10.1. The Morgan fingerprint density at radius 1 is 1.50 bits per heavy atom. The summed E-state index contributed by atoms with van der Waals surface area (Å²) in [4.78, 5) is 0. The zero-order valence-electron chi connectivity index (χ0n) is 7.76. The van der Waals surface area contributed by atoms with Crippen LogP contribution in [0.1, 0.15) is 20.8 Å². The fourth-order valence-corrected chi connectivity index (χ4v) is 1.40. The number of halogens is 1. The molecule has 0 aromatic carbocycles. The van der Waals surface area contributed by atoms with Crippen molar-refractivity contribution in [3.63, 3.8) is 0 Å². The summed E-state index contributed by atoms with van der Waals surface area (Å²) in [5.41, 5.74) is -0.0443. The second-order valence-corrected chi connectivity index (χ2v) is 4.44. The van der Waals surface area contributed by atoms with E-state index in [1.165, 1.54) is 0 Å². The highest BCUT2D eigenvalue weighted by Crippen LogP contribution is 2.28. The van der Waals surface area contributed by atoms with Gasteiger partial charge in [-0.3, -0.25) is 0 Å². The van der Waals surface area contributed by atoms with Gasteiger partial charge in [0, 0.05) is 0 Å². The number of rotatable bonds is 1. The first-order chi connectivity index (χ1) is 5.46. The van der Waals surface area contributed by atoms with Crippen molar-refractivity contribution < 1.29 is 4.74 Å². The van der Waals surface area contributed by atoms with Crippen LogP contribution in [-0.2, 0) is 5.54 Å². The standard InChI is InChI=1S/C8H13BrN2O/c1-8(2,3)11-7(12-4)6(9)5-10-11/h5H,1-4H3. The predicted octanol–water partition coefficient (Wildman–Crippen LogP) is 2.41. The highest BCUT2D eigenvalue weighted by Gasteiger charge is 2.20. The molecule has 0 bridgehead atoms. The van der Waals surface area contributed by atoms with Crippen molar-refractivity contribution >= 4 is 15.9 Å². The van der Waals surface area contributed by atoms with Crippen LogP contribution >= 0.6 is 15.9 Å². The molecule has 3 nitrogen and oxygen atoms in total. The Kier molecular flexibility index (Phi) is 2.46. The van der Waals surface area contributed by atoms with Gasteiger partial charge in [0.1, 0.15) is 0 Å². The van der Waals surface area contributed by atoms with Crippen molar-refractivity contribution in [1.29, 1.82) is 0 Å². The van der Waals surface area contributed by atoms with Crippen molar-refractivity contribution in [2.24, 2.45) is 0 Å². The van der Waals surface area contributed by atoms with Gasteiger partial charge < -0.3 is 4.74 Å². The Morgan fingerprint density at radius 2 is 2.08 bits per heavy atom. The summed E-state index contributed by atoms with van der Waals surface area (Å²) in [5.74, 6) is 0.766. The Bertz CT molecular complexity index is 275. The molecular weight excluding hydrogens is 220 g/mol. The molecule has 0 N–H and O–H groups in total. The maximum atomic E-state index is 5.20. The maximum Gasteiger partial charge on any atom is 0.226 e. The SMILES string of the molecule is COc1c(Br)cnn1C(C)(C)C. The predicted molar refractivity (Wildman–Crippen MR) is 51.5 cm³/mol. The average molecular weight is 233 g/mol. The van der Waals surface area contributed by atoms with E-state index < -0.39 is 0 Å². The van der Waals surface area contributed by atoms with Crippen LogP contribution in [0.5, 0.6) is 5.88 Å². The van der Waals surface area contributed by atoms with Crippen molar-refractivity contribution in [2.45, 2.75) is 26.3 Å². The third-order valence-corrected chi connectivity index (χ3v) is 2.06. The van der Waals surface area contributed by atoms with Crippen LogP contribution in [0.2, 0.25) is 0 Å². The Hall–Kier alpha value is -0.510. The number of ether oxygens (including phenoxy) is 1. The summed E-state index contributed by atoms with van der Waals surface area (Å²) in [7, 11) is 1.64. The molecule has 0 amide bonds. The molecule has 1 aromatic rings. The number of aromatic nitrogens is 2. The van der Waals surface area contributed by atoms with Gasteiger partial charge in [0.05, 0.1) is 23.3 Å². The summed E-state index contributed by atoms with van der Waals surface area (Å²) in [6.45, 7) is 6.24. The summed E-state index contributed by atoms with van der Waals surface area (Å²) in [6.07, 6.45) is 1.74. The van der Waals surface area contributed by atoms with Crippen LogP contribution in [0.15, 0.2) is 10.7 Å². The second-order valence-electron chi connectivity index (χ2n) is 3.58. The lowest BCUT2D eigenvalue weighted by Gasteiger charge is -2.21. The third-order valence-electron chi connectivity index (χ3n) is 1.51. The van der Waals surface area contributed by atoms with Gasteiger partial charge in [0.2, 0.25) is 5.88 Å². The van der Waals surface area contributed by atoms with E-state index in [4.69, 9.17) is 4.74 Å². The molecule has 12 heavy (non-hydrogen) atoms. The first-order valence-corrected chi connectivity index (χ1v) is 4.54. The molecule has 1 aromatic heterocycles. The van der Waals surface area contributed by atoms with E-state index in [-0.39, 0.29) is 5.54 Å². The lowest BCUT2D eigenvalue weighted by molar-refractivity contribution is 0.281. The molecule has 68 valence electrons. The Labute approximate surface area is 80.8 Å². The van der Waals surface area contributed by atoms with Crippen LogP contribution in [-0.4, -0.2) is 16.9 Å². The quantitative estimate of drug-likeness (QED) is 0.744. The van der Waals surface area contributed by atoms with Gasteiger partial charge in [-0.05, 0) is 36.7 Å². The summed E-state index contributed by atoms with van der Waals surface area (Å²) in [6, 6.07) is 0. The van der Waals surface area contributed by atoms with Gasteiger partial charge >= 0.3 is 0 Å². The molecule has 0 unspecified atom stereocenters. The van der Waals surface area contributed by atoms with Crippen LogP contribution in [0.4, 0.5) is 0 Å². The molecule has 0 radical (unpaired) electrons. The molecular formula is C8H13BrN2O. The van der Waals surface area contributed by atoms with E-state index >= 15 is 0 Å². The second kappa shape index (κ2) is 3.09. The molecule has 0 saturated carbocycles. The van der Waals surface area contributed by atoms with E-state index in [9.17, 15) is 0 Å². The molecule has 0 aliphatic heterocycles. The van der Waals surface area contributed by atoms with Gasteiger partial charge in [0.25, 0.3) is 0 Å². The normalized spacial score (nSPS) is 11.8. The Morgan fingerprint density at radius 3 is 2.42 bits per heavy atom. The number of hydrogen-bond donors (Lipinski definition) is 0. The fourth-order valence-electron chi connectivity index (χ4n) is 0.979. The molecule has 0 spiro atoms. The third kappa shape index (κ3) is 1.63. The Balaban J connectivity index is 3.16. The van der Waals surface area contributed by atoms with Gasteiger partial charge in [-0.1, -0.05) is 0 Å². The molecule has 0 fully saturated rings. The van der Waals surface area contributed by atoms with Crippen molar-refractivity contribution in [3.05, 3.63) is 10.7 Å². The van der Waals surface area contributed by atoms with Crippen LogP contribution in [0.3, 0.4) is 0 Å².